The molecule has 1 aliphatic rings. The Morgan fingerprint density at radius 3 is 2.74 bits per heavy atom. The van der Waals surface area contributed by atoms with Gasteiger partial charge in [-0.3, -0.25) is 4.79 Å². The maximum absolute atomic E-state index is 12.3. The van der Waals surface area contributed by atoms with Gasteiger partial charge in [0.25, 0.3) is 5.91 Å². The van der Waals surface area contributed by atoms with E-state index in [4.69, 9.17) is 32.7 Å². The highest BCUT2D eigenvalue weighted by Gasteiger charge is 2.28. The molecule has 0 spiro atoms. The predicted octanol–water partition coefficient (Wildman–Crippen LogP) is 5.16. The number of anilines is 1. The lowest BCUT2D eigenvalue weighted by Crippen LogP contribution is -2.21. The molecule has 1 aromatic heterocycles. The second-order valence-electron chi connectivity index (χ2n) is 7.21. The van der Waals surface area contributed by atoms with Crippen molar-refractivity contribution in [3.8, 4) is 0 Å². The molecule has 1 aliphatic carbocycles. The van der Waals surface area contributed by atoms with Gasteiger partial charge in [0.1, 0.15) is 5.00 Å². The van der Waals surface area contributed by atoms with Gasteiger partial charge in [-0.1, -0.05) is 36.2 Å². The van der Waals surface area contributed by atoms with E-state index in [2.05, 4.69) is 12.2 Å². The number of rotatable bonds is 6. The monoisotopic (exact) mass is 481 g/mol. The van der Waals surface area contributed by atoms with Gasteiger partial charge < -0.3 is 14.8 Å². The van der Waals surface area contributed by atoms with E-state index >= 15 is 0 Å². The Morgan fingerprint density at radius 2 is 2.03 bits per heavy atom. The van der Waals surface area contributed by atoms with Crippen molar-refractivity contribution in [1.82, 2.24) is 0 Å². The summed E-state index contributed by atoms with van der Waals surface area (Å²) in [5, 5.41) is 3.89. The van der Waals surface area contributed by atoms with Crippen LogP contribution in [-0.2, 0) is 31.9 Å². The van der Waals surface area contributed by atoms with Gasteiger partial charge in [-0.2, -0.15) is 0 Å². The van der Waals surface area contributed by atoms with E-state index in [9.17, 15) is 14.4 Å². The molecule has 3 rings (SSSR count). The molecule has 0 fully saturated rings. The zero-order valence-corrected chi connectivity index (χ0v) is 19.3. The minimum absolute atomic E-state index is 0.367. The van der Waals surface area contributed by atoms with Crippen LogP contribution in [0.5, 0.6) is 0 Å². The third kappa shape index (κ3) is 5.87. The molecule has 1 heterocycles. The van der Waals surface area contributed by atoms with Gasteiger partial charge in [-0.15, -0.1) is 11.3 Å². The number of nitrogens with one attached hydrogen (secondary N) is 1. The van der Waals surface area contributed by atoms with Crippen LogP contribution < -0.4 is 5.32 Å². The van der Waals surface area contributed by atoms with Gasteiger partial charge in [0.05, 0.1) is 22.7 Å². The summed E-state index contributed by atoms with van der Waals surface area (Å²) in [6, 6.07) is 4.91. The average molecular weight is 482 g/mol. The zero-order valence-electron chi connectivity index (χ0n) is 17.0. The summed E-state index contributed by atoms with van der Waals surface area (Å²) in [6.45, 7) is 1.67. The lowest BCUT2D eigenvalue weighted by atomic mass is 9.88. The average Bonchev–Trinajstić information content (AvgIpc) is 3.09. The molecule has 0 bridgehead atoms. The second kappa shape index (κ2) is 10.3. The number of hydrogen-bond donors (Lipinski definition) is 1. The standard InChI is InChI=1S/C22H21Cl2NO5S/c1-12-3-6-14-17(9-12)31-21(20(14)22(28)29-2)25-18(26)11-30-19(27)8-5-13-4-7-15(23)16(24)10-13/h4-5,7-8,10,12H,3,6,9,11H2,1-2H3,(H,25,26). The molecule has 31 heavy (non-hydrogen) atoms. The normalized spacial score (nSPS) is 15.4. The number of fused-ring (bicyclic) bond motifs is 1. The van der Waals surface area contributed by atoms with Crippen molar-refractivity contribution in [3.05, 3.63) is 55.9 Å². The number of benzene rings is 1. The van der Waals surface area contributed by atoms with Gasteiger partial charge in [-0.25, -0.2) is 9.59 Å². The molecule has 1 amide bonds. The number of carbonyl (C=O) groups excluding carboxylic acids is 3. The van der Waals surface area contributed by atoms with E-state index in [0.717, 1.165) is 29.7 Å². The molecule has 0 saturated heterocycles. The molecule has 164 valence electrons. The number of esters is 2. The lowest BCUT2D eigenvalue weighted by molar-refractivity contribution is -0.142. The lowest BCUT2D eigenvalue weighted by Gasteiger charge is -2.18. The van der Waals surface area contributed by atoms with Crippen LogP contribution in [0.15, 0.2) is 24.3 Å². The first-order chi connectivity index (χ1) is 14.8. The van der Waals surface area contributed by atoms with Gasteiger partial charge in [0.2, 0.25) is 0 Å². The Balaban J connectivity index is 1.61. The number of halogens is 2. The summed E-state index contributed by atoms with van der Waals surface area (Å²) in [7, 11) is 1.31. The Labute approximate surface area is 194 Å². The van der Waals surface area contributed by atoms with E-state index in [1.54, 1.807) is 18.2 Å². The molecule has 0 aliphatic heterocycles. The van der Waals surface area contributed by atoms with Crippen LogP contribution in [0, 0.1) is 5.92 Å². The fraction of sp³-hybridized carbons (Fsp3) is 0.318. The van der Waals surface area contributed by atoms with Gasteiger partial charge in [0, 0.05) is 11.0 Å². The fourth-order valence-corrected chi connectivity index (χ4v) is 5.01. The van der Waals surface area contributed by atoms with Crippen molar-refractivity contribution < 1.29 is 23.9 Å². The van der Waals surface area contributed by atoms with E-state index in [0.29, 0.717) is 32.1 Å². The van der Waals surface area contributed by atoms with Crippen molar-refractivity contribution in [2.75, 3.05) is 19.0 Å². The SMILES string of the molecule is COC(=O)c1c(NC(=O)COC(=O)C=Cc2ccc(Cl)c(Cl)c2)sc2c1CCC(C)C2. The summed E-state index contributed by atoms with van der Waals surface area (Å²) in [5.41, 5.74) is 2.00. The molecule has 0 radical (unpaired) electrons. The van der Waals surface area contributed by atoms with Crippen molar-refractivity contribution in [2.24, 2.45) is 5.92 Å². The Morgan fingerprint density at radius 1 is 1.26 bits per heavy atom. The highest BCUT2D eigenvalue weighted by Crippen LogP contribution is 2.40. The topological polar surface area (TPSA) is 81.7 Å². The largest absolute Gasteiger partial charge is 0.465 e. The maximum Gasteiger partial charge on any atom is 0.341 e. The van der Waals surface area contributed by atoms with E-state index in [1.165, 1.54) is 30.6 Å². The third-order valence-corrected chi connectivity index (χ3v) is 6.76. The smallest absolute Gasteiger partial charge is 0.341 e. The summed E-state index contributed by atoms with van der Waals surface area (Å²) in [4.78, 5) is 37.6. The fourth-order valence-electron chi connectivity index (χ4n) is 3.28. The number of carbonyl (C=O) groups is 3. The highest BCUT2D eigenvalue weighted by atomic mass is 35.5. The number of thiophene rings is 1. The molecule has 9 heteroatoms. The molecule has 0 saturated carbocycles. The van der Waals surface area contributed by atoms with E-state index in [-0.39, 0.29) is 0 Å². The first kappa shape index (κ1) is 23.3. The van der Waals surface area contributed by atoms with Gasteiger partial charge >= 0.3 is 11.9 Å². The van der Waals surface area contributed by atoms with Crippen LogP contribution in [0.2, 0.25) is 10.0 Å². The predicted molar refractivity (Wildman–Crippen MR) is 122 cm³/mol. The highest BCUT2D eigenvalue weighted by molar-refractivity contribution is 7.17. The minimum atomic E-state index is -0.686. The minimum Gasteiger partial charge on any atom is -0.465 e. The molecule has 1 unspecified atom stereocenters. The van der Waals surface area contributed by atoms with E-state index in [1.807, 2.05) is 0 Å². The Bertz CT molecular complexity index is 1050. The van der Waals surface area contributed by atoms with Crippen molar-refractivity contribution in [3.63, 3.8) is 0 Å². The van der Waals surface area contributed by atoms with Gasteiger partial charge in [0.15, 0.2) is 6.61 Å². The first-order valence-electron chi connectivity index (χ1n) is 9.61. The Hall–Kier alpha value is -2.35. The van der Waals surface area contributed by atoms with Crippen LogP contribution in [0.3, 0.4) is 0 Å². The molecular formula is C22H21Cl2NO5S. The summed E-state index contributed by atoms with van der Waals surface area (Å²) >= 11 is 13.2. The van der Waals surface area contributed by atoms with Crippen LogP contribution in [0.1, 0.15) is 39.7 Å². The molecule has 2 aromatic rings. The summed E-state index contributed by atoms with van der Waals surface area (Å²) in [6.07, 6.45) is 5.30. The van der Waals surface area contributed by atoms with E-state index < -0.39 is 24.5 Å². The zero-order chi connectivity index (χ0) is 22.5. The van der Waals surface area contributed by atoms with Crippen molar-refractivity contribution in [2.45, 2.75) is 26.2 Å². The molecule has 6 nitrogen and oxygen atoms in total. The second-order valence-corrected chi connectivity index (χ2v) is 9.13. The summed E-state index contributed by atoms with van der Waals surface area (Å²) in [5.74, 6) is -1.19. The molecule has 1 N–H and O–H groups in total. The number of amides is 1. The van der Waals surface area contributed by atoms with Crippen LogP contribution in [0.4, 0.5) is 5.00 Å². The number of methoxy groups -OCH3 is 1. The quantitative estimate of drug-likeness (QED) is 0.454. The van der Waals surface area contributed by atoms with Gasteiger partial charge in [-0.05, 0) is 54.5 Å². The van der Waals surface area contributed by atoms with Crippen LogP contribution >= 0.6 is 34.5 Å². The summed E-state index contributed by atoms with van der Waals surface area (Å²) < 4.78 is 9.89. The van der Waals surface area contributed by atoms with Crippen LogP contribution in [-0.4, -0.2) is 31.6 Å². The number of ether oxygens (including phenoxy) is 2. The van der Waals surface area contributed by atoms with Crippen molar-refractivity contribution >= 4 is 63.5 Å². The molecular weight excluding hydrogens is 461 g/mol. The first-order valence-corrected chi connectivity index (χ1v) is 11.2. The number of hydrogen-bond acceptors (Lipinski definition) is 6. The molecule has 1 atom stereocenters. The maximum atomic E-state index is 12.3. The molecule has 1 aromatic carbocycles. The Kier molecular flexibility index (Phi) is 7.75. The van der Waals surface area contributed by atoms with Crippen LogP contribution in [0.25, 0.3) is 6.08 Å². The van der Waals surface area contributed by atoms with Crippen molar-refractivity contribution in [1.29, 1.82) is 0 Å². The third-order valence-electron chi connectivity index (χ3n) is 4.86.